The Morgan fingerprint density at radius 1 is 1.24 bits per heavy atom. The number of aromatic nitrogens is 4. The standard InChI is InChI=1S/C19H18N6/c1-13-11-22-24(12-13)8-7-21-18-9-14(2)15(10-20)19-23-16-5-3-4-6-17(16)25(18)19/h3-6,9,11-12,21H,7-8H2,1-2H3. The summed E-state index contributed by atoms with van der Waals surface area (Å²) in [5.74, 6) is 0.934. The molecule has 0 fully saturated rings. The molecule has 0 saturated carbocycles. The first kappa shape index (κ1) is 15.2. The first-order valence-corrected chi connectivity index (χ1v) is 8.21. The largest absolute Gasteiger partial charge is 0.369 e. The van der Waals surface area contributed by atoms with E-state index in [0.29, 0.717) is 11.2 Å². The van der Waals surface area contributed by atoms with Crippen LogP contribution in [-0.2, 0) is 6.54 Å². The summed E-state index contributed by atoms with van der Waals surface area (Å²) in [4.78, 5) is 4.66. The number of pyridine rings is 1. The quantitative estimate of drug-likeness (QED) is 0.623. The Hall–Kier alpha value is -3.33. The number of nitrogens with zero attached hydrogens (tertiary/aromatic N) is 5. The fourth-order valence-corrected chi connectivity index (χ4v) is 3.11. The molecule has 0 spiro atoms. The highest BCUT2D eigenvalue weighted by Crippen LogP contribution is 2.26. The summed E-state index contributed by atoms with van der Waals surface area (Å²) in [6.07, 6.45) is 3.88. The van der Waals surface area contributed by atoms with Gasteiger partial charge in [-0.3, -0.25) is 9.08 Å². The topological polar surface area (TPSA) is 70.9 Å². The average molecular weight is 330 g/mol. The van der Waals surface area contributed by atoms with Crippen molar-refractivity contribution < 1.29 is 0 Å². The Bertz CT molecular complexity index is 1110. The smallest absolute Gasteiger partial charge is 0.157 e. The predicted octanol–water partition coefficient (Wildman–Crippen LogP) is 3.28. The van der Waals surface area contributed by atoms with E-state index in [1.807, 2.05) is 65.7 Å². The Labute approximate surface area is 145 Å². The van der Waals surface area contributed by atoms with E-state index in [0.717, 1.165) is 41.1 Å². The van der Waals surface area contributed by atoms with E-state index in [4.69, 9.17) is 0 Å². The summed E-state index contributed by atoms with van der Waals surface area (Å²) in [6, 6.07) is 12.2. The zero-order valence-electron chi connectivity index (χ0n) is 14.2. The second kappa shape index (κ2) is 5.95. The lowest BCUT2D eigenvalue weighted by molar-refractivity contribution is 0.636. The van der Waals surface area contributed by atoms with Gasteiger partial charge >= 0.3 is 0 Å². The Morgan fingerprint density at radius 2 is 2.08 bits per heavy atom. The lowest BCUT2D eigenvalue weighted by Gasteiger charge is -2.12. The molecule has 0 bridgehead atoms. The van der Waals surface area contributed by atoms with Gasteiger partial charge in [-0.05, 0) is 43.2 Å². The van der Waals surface area contributed by atoms with E-state index in [9.17, 15) is 5.26 Å². The molecule has 1 N–H and O–H groups in total. The van der Waals surface area contributed by atoms with Crippen LogP contribution in [0.5, 0.6) is 0 Å². The molecule has 4 aromatic rings. The molecule has 4 rings (SSSR count). The van der Waals surface area contributed by atoms with E-state index in [2.05, 4.69) is 21.5 Å². The van der Waals surface area contributed by atoms with Gasteiger partial charge in [0.15, 0.2) is 5.65 Å². The fraction of sp³-hybridized carbons (Fsp3) is 0.211. The van der Waals surface area contributed by atoms with E-state index in [1.165, 1.54) is 0 Å². The van der Waals surface area contributed by atoms with Crippen molar-refractivity contribution in [2.75, 3.05) is 11.9 Å². The zero-order valence-corrected chi connectivity index (χ0v) is 14.2. The van der Waals surface area contributed by atoms with Gasteiger partial charge in [-0.15, -0.1) is 0 Å². The number of imidazole rings is 1. The molecule has 0 aliphatic heterocycles. The number of anilines is 1. The molecule has 3 heterocycles. The molecule has 0 saturated heterocycles. The van der Waals surface area contributed by atoms with Gasteiger partial charge in [-0.25, -0.2) is 4.98 Å². The maximum atomic E-state index is 9.52. The van der Waals surface area contributed by atoms with Gasteiger partial charge in [-0.1, -0.05) is 12.1 Å². The monoisotopic (exact) mass is 330 g/mol. The van der Waals surface area contributed by atoms with Crippen LogP contribution in [0.1, 0.15) is 16.7 Å². The highest BCUT2D eigenvalue weighted by Gasteiger charge is 2.14. The number of hydrogen-bond donors (Lipinski definition) is 1. The number of nitriles is 1. The van der Waals surface area contributed by atoms with Crippen molar-refractivity contribution in [2.45, 2.75) is 20.4 Å². The van der Waals surface area contributed by atoms with Crippen molar-refractivity contribution in [1.82, 2.24) is 19.2 Å². The highest BCUT2D eigenvalue weighted by atomic mass is 15.3. The van der Waals surface area contributed by atoms with E-state index in [1.54, 1.807) is 0 Å². The van der Waals surface area contributed by atoms with Crippen LogP contribution in [0.2, 0.25) is 0 Å². The summed E-state index contributed by atoms with van der Waals surface area (Å²) >= 11 is 0. The van der Waals surface area contributed by atoms with Crippen LogP contribution < -0.4 is 5.32 Å². The van der Waals surface area contributed by atoms with Crippen LogP contribution in [-0.4, -0.2) is 25.7 Å². The molecule has 6 heteroatoms. The van der Waals surface area contributed by atoms with Gasteiger partial charge < -0.3 is 5.32 Å². The molecule has 1 aromatic carbocycles. The Morgan fingerprint density at radius 3 is 2.84 bits per heavy atom. The number of aryl methyl sites for hydroxylation is 2. The summed E-state index contributed by atoms with van der Waals surface area (Å²) in [7, 11) is 0. The number of rotatable bonds is 4. The molecule has 0 unspecified atom stereocenters. The number of nitrogens with one attached hydrogen (secondary N) is 1. The van der Waals surface area contributed by atoms with E-state index < -0.39 is 0 Å². The third kappa shape index (κ3) is 2.60. The van der Waals surface area contributed by atoms with Crippen LogP contribution in [0, 0.1) is 25.2 Å². The average Bonchev–Trinajstić information content (AvgIpc) is 3.18. The van der Waals surface area contributed by atoms with Gasteiger partial charge in [-0.2, -0.15) is 10.4 Å². The number of fused-ring (bicyclic) bond motifs is 3. The first-order valence-electron chi connectivity index (χ1n) is 8.21. The molecule has 0 amide bonds. The summed E-state index contributed by atoms with van der Waals surface area (Å²) in [5.41, 5.74) is 5.26. The molecule has 25 heavy (non-hydrogen) atoms. The maximum Gasteiger partial charge on any atom is 0.157 e. The zero-order chi connectivity index (χ0) is 17.4. The molecule has 124 valence electrons. The van der Waals surface area contributed by atoms with Crippen molar-refractivity contribution in [3.8, 4) is 6.07 Å². The van der Waals surface area contributed by atoms with Gasteiger partial charge in [0, 0.05) is 12.7 Å². The van der Waals surface area contributed by atoms with Crippen molar-refractivity contribution in [3.05, 3.63) is 59.4 Å². The minimum Gasteiger partial charge on any atom is -0.369 e. The van der Waals surface area contributed by atoms with Crippen molar-refractivity contribution in [2.24, 2.45) is 0 Å². The third-order valence-corrected chi connectivity index (χ3v) is 4.29. The van der Waals surface area contributed by atoms with Crippen LogP contribution in [0.3, 0.4) is 0 Å². The lowest BCUT2D eigenvalue weighted by atomic mass is 10.1. The second-order valence-electron chi connectivity index (χ2n) is 6.17. The molecular formula is C19H18N6. The number of para-hydroxylation sites is 2. The van der Waals surface area contributed by atoms with Crippen molar-refractivity contribution >= 4 is 22.5 Å². The third-order valence-electron chi connectivity index (χ3n) is 4.29. The molecule has 0 radical (unpaired) electrons. The van der Waals surface area contributed by atoms with Gasteiger partial charge in [0.1, 0.15) is 11.9 Å². The molecular weight excluding hydrogens is 312 g/mol. The molecule has 6 nitrogen and oxygen atoms in total. The van der Waals surface area contributed by atoms with Crippen molar-refractivity contribution in [1.29, 1.82) is 5.26 Å². The SMILES string of the molecule is Cc1cnn(CCNc2cc(C)c(C#N)c3nc4ccccc4n23)c1. The highest BCUT2D eigenvalue weighted by molar-refractivity contribution is 5.85. The van der Waals surface area contributed by atoms with Crippen LogP contribution in [0.15, 0.2) is 42.7 Å². The lowest BCUT2D eigenvalue weighted by Crippen LogP contribution is -2.13. The first-order chi connectivity index (χ1) is 12.2. The number of benzene rings is 1. The van der Waals surface area contributed by atoms with Gasteiger partial charge in [0.25, 0.3) is 0 Å². The van der Waals surface area contributed by atoms with Crippen LogP contribution in [0.25, 0.3) is 16.7 Å². The van der Waals surface area contributed by atoms with Gasteiger partial charge in [0.2, 0.25) is 0 Å². The molecule has 3 aromatic heterocycles. The fourth-order valence-electron chi connectivity index (χ4n) is 3.11. The van der Waals surface area contributed by atoms with E-state index in [-0.39, 0.29) is 0 Å². The van der Waals surface area contributed by atoms with Crippen LogP contribution >= 0.6 is 0 Å². The Kier molecular flexibility index (Phi) is 3.62. The van der Waals surface area contributed by atoms with E-state index >= 15 is 0 Å². The van der Waals surface area contributed by atoms with Crippen molar-refractivity contribution in [3.63, 3.8) is 0 Å². The summed E-state index contributed by atoms with van der Waals surface area (Å²) in [6.45, 7) is 5.47. The minimum absolute atomic E-state index is 0.615. The normalized spacial score (nSPS) is 11.1. The molecule has 0 aliphatic carbocycles. The van der Waals surface area contributed by atoms with Crippen LogP contribution in [0.4, 0.5) is 5.82 Å². The molecule has 0 atom stereocenters. The maximum absolute atomic E-state index is 9.52. The predicted molar refractivity (Wildman–Crippen MR) is 97.6 cm³/mol. The molecule has 0 aliphatic rings. The minimum atomic E-state index is 0.615. The summed E-state index contributed by atoms with van der Waals surface area (Å²) < 4.78 is 3.94. The number of hydrogen-bond acceptors (Lipinski definition) is 4. The van der Waals surface area contributed by atoms with Gasteiger partial charge in [0.05, 0.1) is 29.3 Å². The Balaban J connectivity index is 1.76. The second-order valence-corrected chi connectivity index (χ2v) is 6.17. The summed E-state index contributed by atoms with van der Waals surface area (Å²) in [5, 5.41) is 17.3.